The van der Waals surface area contributed by atoms with Crippen LogP contribution in [0.4, 0.5) is 5.69 Å². The van der Waals surface area contributed by atoms with Gasteiger partial charge in [-0.25, -0.2) is 0 Å². The van der Waals surface area contributed by atoms with Gasteiger partial charge in [0.15, 0.2) is 0 Å². The first kappa shape index (κ1) is 15.3. The first-order valence-electron chi connectivity index (χ1n) is 5.88. The summed E-state index contributed by atoms with van der Waals surface area (Å²) in [6.07, 6.45) is 1.19. The van der Waals surface area contributed by atoms with E-state index in [0.29, 0.717) is 11.3 Å². The second kappa shape index (κ2) is 6.11. The largest absolute Gasteiger partial charge is 0.457 e. The zero-order chi connectivity index (χ0) is 16.3. The average Bonchev–Trinajstić information content (AvgIpc) is 2.93. The SMILES string of the molecule is N#C/C(=C\c1ccc(-c2ccc(Cl)c([N+](=O)[O-])c2)o1)C(N)=O. The fourth-order valence-electron chi connectivity index (χ4n) is 1.69. The molecular formula is C14H8ClN3O4. The minimum atomic E-state index is -0.873. The summed E-state index contributed by atoms with van der Waals surface area (Å²) in [5, 5.41) is 19.6. The van der Waals surface area contributed by atoms with Crippen molar-refractivity contribution in [2.45, 2.75) is 0 Å². The van der Waals surface area contributed by atoms with E-state index in [1.165, 1.54) is 24.3 Å². The summed E-state index contributed by atoms with van der Waals surface area (Å²) in [7, 11) is 0. The van der Waals surface area contributed by atoms with Gasteiger partial charge < -0.3 is 10.2 Å². The quantitative estimate of drug-likeness (QED) is 0.402. The van der Waals surface area contributed by atoms with Gasteiger partial charge in [0.2, 0.25) is 0 Å². The van der Waals surface area contributed by atoms with Crippen LogP contribution in [0.5, 0.6) is 0 Å². The lowest BCUT2D eigenvalue weighted by Crippen LogP contribution is -2.12. The highest BCUT2D eigenvalue weighted by Gasteiger charge is 2.15. The van der Waals surface area contributed by atoms with Crippen molar-refractivity contribution in [1.29, 1.82) is 5.26 Å². The van der Waals surface area contributed by atoms with Gasteiger partial charge in [-0.1, -0.05) is 11.6 Å². The van der Waals surface area contributed by atoms with Crippen LogP contribution in [0.1, 0.15) is 5.76 Å². The van der Waals surface area contributed by atoms with Crippen LogP contribution >= 0.6 is 11.6 Å². The maximum atomic E-state index is 11.0. The lowest BCUT2D eigenvalue weighted by molar-refractivity contribution is -0.384. The van der Waals surface area contributed by atoms with Crippen molar-refractivity contribution in [2.24, 2.45) is 5.73 Å². The minimum Gasteiger partial charge on any atom is -0.457 e. The van der Waals surface area contributed by atoms with Crippen molar-refractivity contribution in [1.82, 2.24) is 0 Å². The number of primary amides is 1. The predicted molar refractivity (Wildman–Crippen MR) is 78.6 cm³/mol. The van der Waals surface area contributed by atoms with Crippen LogP contribution in [0, 0.1) is 21.4 Å². The molecule has 0 radical (unpaired) electrons. The van der Waals surface area contributed by atoms with E-state index >= 15 is 0 Å². The number of hydrogen-bond acceptors (Lipinski definition) is 5. The van der Waals surface area contributed by atoms with Crippen LogP contribution in [0.3, 0.4) is 0 Å². The molecule has 2 rings (SSSR count). The van der Waals surface area contributed by atoms with Crippen molar-refractivity contribution >= 4 is 29.3 Å². The van der Waals surface area contributed by atoms with Gasteiger partial charge in [0.1, 0.15) is 28.2 Å². The Balaban J connectivity index is 2.41. The molecular weight excluding hydrogens is 310 g/mol. The van der Waals surface area contributed by atoms with E-state index in [0.717, 1.165) is 0 Å². The first-order valence-corrected chi connectivity index (χ1v) is 6.26. The summed E-state index contributed by atoms with van der Waals surface area (Å²) in [5.41, 5.74) is 4.95. The lowest BCUT2D eigenvalue weighted by Gasteiger charge is -1.99. The Morgan fingerprint density at radius 2 is 2.14 bits per heavy atom. The summed E-state index contributed by atoms with van der Waals surface area (Å²) in [6, 6.07) is 8.93. The van der Waals surface area contributed by atoms with Crippen LogP contribution in [-0.4, -0.2) is 10.8 Å². The van der Waals surface area contributed by atoms with E-state index in [-0.39, 0.29) is 22.0 Å². The van der Waals surface area contributed by atoms with Crippen LogP contribution in [0.15, 0.2) is 40.3 Å². The molecule has 0 saturated heterocycles. The first-order chi connectivity index (χ1) is 10.4. The minimum absolute atomic E-state index is 0.0147. The molecule has 1 heterocycles. The Morgan fingerprint density at radius 1 is 1.41 bits per heavy atom. The predicted octanol–water partition coefficient (Wildman–Crippen LogP) is 2.90. The Kier molecular flexibility index (Phi) is 4.25. The van der Waals surface area contributed by atoms with E-state index < -0.39 is 10.8 Å². The Bertz CT molecular complexity index is 833. The maximum Gasteiger partial charge on any atom is 0.288 e. The molecule has 2 N–H and O–H groups in total. The third kappa shape index (κ3) is 3.13. The van der Waals surface area contributed by atoms with Gasteiger partial charge in [0.25, 0.3) is 11.6 Å². The molecule has 1 aromatic carbocycles. The molecule has 2 aromatic rings. The fraction of sp³-hybridized carbons (Fsp3) is 0. The highest BCUT2D eigenvalue weighted by molar-refractivity contribution is 6.32. The van der Waals surface area contributed by atoms with Crippen LogP contribution < -0.4 is 5.73 Å². The Labute approximate surface area is 129 Å². The van der Waals surface area contributed by atoms with E-state index in [9.17, 15) is 14.9 Å². The molecule has 0 fully saturated rings. The number of nitrogens with two attached hydrogens (primary N) is 1. The number of carbonyl (C=O) groups excluding carboxylic acids is 1. The molecule has 110 valence electrons. The van der Waals surface area contributed by atoms with Gasteiger partial charge in [-0.15, -0.1) is 0 Å². The zero-order valence-electron chi connectivity index (χ0n) is 10.9. The van der Waals surface area contributed by atoms with Crippen LogP contribution in [-0.2, 0) is 4.79 Å². The van der Waals surface area contributed by atoms with Crippen LogP contribution in [0.2, 0.25) is 5.02 Å². The van der Waals surface area contributed by atoms with Crippen molar-refractivity contribution in [3.63, 3.8) is 0 Å². The summed E-state index contributed by atoms with van der Waals surface area (Å²) in [4.78, 5) is 21.2. The molecule has 1 aromatic heterocycles. The second-order valence-corrected chi connectivity index (χ2v) is 4.57. The highest BCUT2D eigenvalue weighted by Crippen LogP contribution is 2.31. The van der Waals surface area contributed by atoms with E-state index in [2.05, 4.69) is 0 Å². The molecule has 22 heavy (non-hydrogen) atoms. The van der Waals surface area contributed by atoms with E-state index in [4.69, 9.17) is 27.0 Å². The Morgan fingerprint density at radius 3 is 2.73 bits per heavy atom. The number of nitriles is 1. The fourth-order valence-corrected chi connectivity index (χ4v) is 1.88. The van der Waals surface area contributed by atoms with Gasteiger partial charge in [-0.3, -0.25) is 14.9 Å². The lowest BCUT2D eigenvalue weighted by atomic mass is 10.1. The number of furan rings is 1. The summed E-state index contributed by atoms with van der Waals surface area (Å²) >= 11 is 5.74. The van der Waals surface area contributed by atoms with Crippen molar-refractivity contribution in [3.05, 3.63) is 56.8 Å². The molecule has 0 aliphatic rings. The smallest absolute Gasteiger partial charge is 0.288 e. The second-order valence-electron chi connectivity index (χ2n) is 4.16. The van der Waals surface area contributed by atoms with E-state index in [1.807, 2.05) is 0 Å². The standard InChI is InChI=1S/C14H8ClN3O4/c15-11-3-1-8(6-12(11)18(20)21)13-4-2-10(22-13)5-9(7-16)14(17)19/h1-6H,(H2,17,19)/b9-5+. The molecule has 0 aliphatic carbocycles. The number of amides is 1. The number of nitro groups is 1. The number of nitro benzene ring substituents is 1. The highest BCUT2D eigenvalue weighted by atomic mass is 35.5. The van der Waals surface area contributed by atoms with Crippen molar-refractivity contribution < 1.29 is 14.1 Å². The maximum absolute atomic E-state index is 11.0. The van der Waals surface area contributed by atoms with Gasteiger partial charge in [0, 0.05) is 17.7 Å². The summed E-state index contributed by atoms with van der Waals surface area (Å²) in [6.45, 7) is 0. The molecule has 0 bridgehead atoms. The number of halogens is 1. The number of hydrogen-bond donors (Lipinski definition) is 1. The third-order valence-electron chi connectivity index (χ3n) is 2.73. The molecule has 0 unspecified atom stereocenters. The average molecular weight is 318 g/mol. The van der Waals surface area contributed by atoms with Crippen molar-refractivity contribution in [3.8, 4) is 17.4 Å². The molecule has 1 amide bonds. The number of carbonyl (C=O) groups is 1. The summed E-state index contributed by atoms with van der Waals surface area (Å²) < 4.78 is 5.43. The summed E-state index contributed by atoms with van der Waals surface area (Å²) in [5.74, 6) is -0.321. The molecule has 0 atom stereocenters. The zero-order valence-corrected chi connectivity index (χ0v) is 11.7. The van der Waals surface area contributed by atoms with Gasteiger partial charge in [-0.05, 0) is 24.3 Å². The monoisotopic (exact) mass is 317 g/mol. The van der Waals surface area contributed by atoms with Gasteiger partial charge in [-0.2, -0.15) is 5.26 Å². The van der Waals surface area contributed by atoms with Crippen LogP contribution in [0.25, 0.3) is 17.4 Å². The van der Waals surface area contributed by atoms with Gasteiger partial charge >= 0.3 is 0 Å². The third-order valence-corrected chi connectivity index (χ3v) is 3.05. The molecule has 0 spiro atoms. The Hall–Kier alpha value is -3.11. The normalized spacial score (nSPS) is 11.0. The molecule has 7 nitrogen and oxygen atoms in total. The number of rotatable bonds is 4. The topological polar surface area (TPSA) is 123 Å². The number of nitrogens with zero attached hydrogens (tertiary/aromatic N) is 2. The molecule has 0 saturated carbocycles. The number of benzene rings is 1. The van der Waals surface area contributed by atoms with Crippen molar-refractivity contribution in [2.75, 3.05) is 0 Å². The molecule has 0 aliphatic heterocycles. The molecule has 8 heteroatoms. The van der Waals surface area contributed by atoms with Gasteiger partial charge in [0.05, 0.1) is 4.92 Å². The van der Waals surface area contributed by atoms with E-state index in [1.54, 1.807) is 18.2 Å².